The van der Waals surface area contributed by atoms with Gasteiger partial charge in [-0.05, 0) is 49.9 Å². The molecule has 2 atom stereocenters. The van der Waals surface area contributed by atoms with Gasteiger partial charge in [0.1, 0.15) is 5.75 Å². The monoisotopic (exact) mass is 325 g/mol. The van der Waals surface area contributed by atoms with E-state index in [-0.39, 0.29) is 11.8 Å². The van der Waals surface area contributed by atoms with Crippen molar-refractivity contribution in [3.8, 4) is 5.75 Å². The molecule has 1 amide bonds. The van der Waals surface area contributed by atoms with Gasteiger partial charge in [-0.3, -0.25) is 9.59 Å². The van der Waals surface area contributed by atoms with Gasteiger partial charge in [-0.2, -0.15) is 0 Å². The number of rotatable bonds is 7. The number of nitrogens with one attached hydrogen (secondary N) is 1. The van der Waals surface area contributed by atoms with Crippen molar-refractivity contribution >= 4 is 23.5 Å². The minimum atomic E-state index is -0.882. The summed E-state index contributed by atoms with van der Waals surface area (Å²) in [5.74, 6) is -1.17. The van der Waals surface area contributed by atoms with Gasteiger partial charge in [-0.15, -0.1) is 0 Å². The van der Waals surface area contributed by atoms with Crippen molar-refractivity contribution in [1.29, 1.82) is 0 Å². The smallest absolute Gasteiger partial charge is 0.307 e. The Kier molecular flexibility index (Phi) is 5.66. The zero-order valence-corrected chi connectivity index (χ0v) is 13.2. The fourth-order valence-electron chi connectivity index (χ4n) is 2.48. The van der Waals surface area contributed by atoms with Gasteiger partial charge in [0, 0.05) is 11.6 Å². The van der Waals surface area contributed by atoms with Gasteiger partial charge in [0.05, 0.1) is 18.4 Å². The summed E-state index contributed by atoms with van der Waals surface area (Å²) in [6, 6.07) is 5.43. The first-order valence-corrected chi connectivity index (χ1v) is 7.76. The Hall–Kier alpha value is -1.75. The number of aryl methyl sites for hydroxylation is 1. The number of aliphatic carboxylic acids is 1. The highest BCUT2D eigenvalue weighted by molar-refractivity contribution is 6.30. The van der Waals surface area contributed by atoms with Crippen LogP contribution < -0.4 is 10.1 Å². The van der Waals surface area contributed by atoms with Crippen LogP contribution >= 0.6 is 11.6 Å². The minimum absolute atomic E-state index is 0.165. The molecule has 5 nitrogen and oxygen atoms in total. The van der Waals surface area contributed by atoms with Crippen molar-refractivity contribution in [2.45, 2.75) is 26.2 Å². The average molecular weight is 326 g/mol. The van der Waals surface area contributed by atoms with Crippen LogP contribution in [0.3, 0.4) is 0 Å². The number of carbonyl (C=O) groups is 2. The molecular weight excluding hydrogens is 306 g/mol. The summed E-state index contributed by atoms with van der Waals surface area (Å²) in [4.78, 5) is 22.7. The van der Waals surface area contributed by atoms with Gasteiger partial charge >= 0.3 is 5.97 Å². The van der Waals surface area contributed by atoms with E-state index in [4.69, 9.17) is 21.4 Å². The van der Waals surface area contributed by atoms with E-state index in [9.17, 15) is 9.59 Å². The van der Waals surface area contributed by atoms with Crippen molar-refractivity contribution in [3.05, 3.63) is 28.8 Å². The molecule has 0 spiro atoms. The molecule has 2 rings (SSSR count). The summed E-state index contributed by atoms with van der Waals surface area (Å²) in [7, 11) is 0. The molecule has 120 valence electrons. The van der Waals surface area contributed by atoms with Crippen LogP contribution in [0.15, 0.2) is 18.2 Å². The first kappa shape index (κ1) is 16.6. The maximum atomic E-state index is 11.8. The molecule has 0 aliphatic heterocycles. The molecule has 22 heavy (non-hydrogen) atoms. The fraction of sp³-hybridized carbons (Fsp3) is 0.500. The first-order chi connectivity index (χ1) is 10.5. The summed E-state index contributed by atoms with van der Waals surface area (Å²) in [6.07, 6.45) is 1.91. The third-order valence-electron chi connectivity index (χ3n) is 3.94. The number of benzene rings is 1. The fourth-order valence-corrected chi connectivity index (χ4v) is 2.71. The third-order valence-corrected chi connectivity index (χ3v) is 4.18. The highest BCUT2D eigenvalue weighted by atomic mass is 35.5. The molecule has 1 aromatic carbocycles. The van der Waals surface area contributed by atoms with Gasteiger partial charge in [0.15, 0.2) is 0 Å². The lowest BCUT2D eigenvalue weighted by molar-refractivity contribution is -0.152. The average Bonchev–Trinajstić information content (AvgIpc) is 2.38. The van der Waals surface area contributed by atoms with Crippen molar-refractivity contribution < 1.29 is 19.4 Å². The van der Waals surface area contributed by atoms with E-state index in [1.54, 1.807) is 6.07 Å². The van der Waals surface area contributed by atoms with Crippen molar-refractivity contribution in [1.82, 2.24) is 5.32 Å². The molecule has 1 fully saturated rings. The van der Waals surface area contributed by atoms with Crippen LogP contribution in [0.5, 0.6) is 5.75 Å². The van der Waals surface area contributed by atoms with Gasteiger partial charge < -0.3 is 15.2 Å². The molecule has 1 aliphatic rings. The molecule has 1 aliphatic carbocycles. The normalized spacial score (nSPS) is 20.1. The lowest BCUT2D eigenvalue weighted by Crippen LogP contribution is -2.44. The third kappa shape index (κ3) is 4.13. The topological polar surface area (TPSA) is 75.6 Å². The molecule has 0 aromatic heterocycles. The first-order valence-electron chi connectivity index (χ1n) is 7.38. The molecule has 0 radical (unpaired) electrons. The largest absolute Gasteiger partial charge is 0.493 e. The van der Waals surface area contributed by atoms with Crippen molar-refractivity contribution in [2.24, 2.45) is 11.8 Å². The Balaban J connectivity index is 1.65. The quantitative estimate of drug-likeness (QED) is 0.756. The molecule has 2 N–H and O–H groups in total. The second-order valence-electron chi connectivity index (χ2n) is 5.53. The highest BCUT2D eigenvalue weighted by Crippen LogP contribution is 2.34. The van der Waals surface area contributed by atoms with Crippen molar-refractivity contribution in [2.75, 3.05) is 13.2 Å². The molecule has 6 heteroatoms. The SMILES string of the molecule is Cc1cc(Cl)ccc1OCCCNC(=O)C1CCC1C(=O)O. The maximum Gasteiger partial charge on any atom is 0.307 e. The molecule has 1 aromatic rings. The number of ether oxygens (including phenoxy) is 1. The Labute approximate surface area is 134 Å². The molecular formula is C16H20ClNO4. The maximum absolute atomic E-state index is 11.8. The highest BCUT2D eigenvalue weighted by Gasteiger charge is 2.41. The summed E-state index contributed by atoms with van der Waals surface area (Å²) in [5.41, 5.74) is 0.968. The Bertz CT molecular complexity index is 561. The molecule has 0 bridgehead atoms. The minimum Gasteiger partial charge on any atom is -0.493 e. The number of carbonyl (C=O) groups excluding carboxylic acids is 1. The van der Waals surface area contributed by atoms with Crippen LogP contribution in [0, 0.1) is 18.8 Å². The number of carboxylic acid groups (broad SMARTS) is 1. The van der Waals surface area contributed by atoms with Gasteiger partial charge in [-0.25, -0.2) is 0 Å². The van der Waals surface area contributed by atoms with E-state index in [0.717, 1.165) is 11.3 Å². The van der Waals surface area contributed by atoms with E-state index in [1.807, 2.05) is 19.1 Å². The summed E-state index contributed by atoms with van der Waals surface area (Å²) in [6.45, 7) is 2.88. The Morgan fingerprint density at radius 3 is 2.68 bits per heavy atom. The predicted octanol–water partition coefficient (Wildman–Crippen LogP) is 2.64. The summed E-state index contributed by atoms with van der Waals surface area (Å²) < 4.78 is 5.63. The number of amides is 1. The van der Waals surface area contributed by atoms with Gasteiger partial charge in [0.2, 0.25) is 5.91 Å². The predicted molar refractivity (Wildman–Crippen MR) is 83.2 cm³/mol. The lowest BCUT2D eigenvalue weighted by atomic mass is 9.73. The Morgan fingerprint density at radius 1 is 1.36 bits per heavy atom. The lowest BCUT2D eigenvalue weighted by Gasteiger charge is -2.31. The van der Waals surface area contributed by atoms with E-state index >= 15 is 0 Å². The van der Waals surface area contributed by atoms with E-state index in [0.29, 0.717) is 37.4 Å². The second-order valence-corrected chi connectivity index (χ2v) is 5.97. The van der Waals surface area contributed by atoms with Crippen LogP contribution in [-0.4, -0.2) is 30.1 Å². The number of carboxylic acids is 1. The number of hydrogen-bond donors (Lipinski definition) is 2. The number of hydrogen-bond acceptors (Lipinski definition) is 3. The molecule has 1 saturated carbocycles. The van der Waals surface area contributed by atoms with Crippen molar-refractivity contribution in [3.63, 3.8) is 0 Å². The van der Waals surface area contributed by atoms with Gasteiger partial charge in [-0.1, -0.05) is 11.6 Å². The van der Waals surface area contributed by atoms with Crippen LogP contribution in [0.25, 0.3) is 0 Å². The van der Waals surface area contributed by atoms with Gasteiger partial charge in [0.25, 0.3) is 0 Å². The van der Waals surface area contributed by atoms with E-state index in [2.05, 4.69) is 5.32 Å². The summed E-state index contributed by atoms with van der Waals surface area (Å²) >= 11 is 5.87. The van der Waals surface area contributed by atoms with Crippen LogP contribution in [-0.2, 0) is 9.59 Å². The van der Waals surface area contributed by atoms with Crippen LogP contribution in [0.1, 0.15) is 24.8 Å². The van der Waals surface area contributed by atoms with Crippen LogP contribution in [0.4, 0.5) is 0 Å². The van der Waals surface area contributed by atoms with E-state index in [1.165, 1.54) is 0 Å². The van der Waals surface area contributed by atoms with Crippen LogP contribution in [0.2, 0.25) is 5.02 Å². The second kappa shape index (κ2) is 7.49. The molecule has 2 unspecified atom stereocenters. The standard InChI is InChI=1S/C16H20ClNO4/c1-10-9-11(17)3-6-14(10)22-8-2-7-18-15(19)12-4-5-13(12)16(20)21/h3,6,9,12-13H,2,4-5,7-8H2,1H3,(H,18,19)(H,20,21). The summed E-state index contributed by atoms with van der Waals surface area (Å²) in [5, 5.41) is 12.4. The number of halogens is 1. The molecule has 0 saturated heterocycles. The zero-order chi connectivity index (χ0) is 16.1. The molecule has 0 heterocycles. The zero-order valence-electron chi connectivity index (χ0n) is 12.5. The Morgan fingerprint density at radius 2 is 2.09 bits per heavy atom. The van der Waals surface area contributed by atoms with E-state index < -0.39 is 11.9 Å².